The fourth-order valence-electron chi connectivity index (χ4n) is 3.37. The van der Waals surface area contributed by atoms with Crippen molar-refractivity contribution in [3.05, 3.63) is 71.5 Å². The predicted octanol–water partition coefficient (Wildman–Crippen LogP) is 3.14. The molecule has 168 valence electrons. The van der Waals surface area contributed by atoms with Crippen LogP contribution in [0.15, 0.2) is 59.6 Å². The fraction of sp³-hybridized carbons (Fsp3) is 0.391. The van der Waals surface area contributed by atoms with Crippen molar-refractivity contribution in [3.8, 4) is 0 Å². The molecule has 0 radical (unpaired) electrons. The summed E-state index contributed by atoms with van der Waals surface area (Å²) in [7, 11) is 0. The Balaban J connectivity index is 0.00000341. The summed E-state index contributed by atoms with van der Waals surface area (Å²) in [4.78, 5) is 19.6. The van der Waals surface area contributed by atoms with Gasteiger partial charge in [-0.3, -0.25) is 4.79 Å². The molecule has 6 nitrogen and oxygen atoms in total. The highest BCUT2D eigenvalue weighted by Crippen LogP contribution is 2.19. The summed E-state index contributed by atoms with van der Waals surface area (Å²) in [5.74, 6) is 0.00165. The van der Waals surface area contributed by atoms with Gasteiger partial charge in [0.05, 0.1) is 25.7 Å². The van der Waals surface area contributed by atoms with Crippen molar-refractivity contribution < 1.29 is 13.9 Å². The molecule has 0 aromatic heterocycles. The molecule has 8 heteroatoms. The van der Waals surface area contributed by atoms with Crippen molar-refractivity contribution in [1.82, 2.24) is 15.5 Å². The van der Waals surface area contributed by atoms with Crippen molar-refractivity contribution in [2.45, 2.75) is 19.4 Å². The van der Waals surface area contributed by atoms with Gasteiger partial charge in [0.25, 0.3) is 0 Å². The molecular formula is C23H30FIN4O2. The molecule has 1 unspecified atom stereocenters. The number of hydrogen-bond donors (Lipinski definition) is 2. The molecule has 1 aliphatic heterocycles. The highest BCUT2D eigenvalue weighted by atomic mass is 127. The number of rotatable bonds is 7. The number of nitrogens with one attached hydrogen (secondary N) is 2. The van der Waals surface area contributed by atoms with E-state index in [1.54, 1.807) is 18.2 Å². The summed E-state index contributed by atoms with van der Waals surface area (Å²) in [6.07, 6.45) is 0. The third-order valence-electron chi connectivity index (χ3n) is 5.01. The predicted molar refractivity (Wildman–Crippen MR) is 131 cm³/mol. The number of nitrogens with zero attached hydrogens (tertiary/aromatic N) is 2. The van der Waals surface area contributed by atoms with Gasteiger partial charge < -0.3 is 20.3 Å². The molecule has 1 heterocycles. The second kappa shape index (κ2) is 13.3. The van der Waals surface area contributed by atoms with E-state index in [-0.39, 0.29) is 48.2 Å². The first kappa shape index (κ1) is 25.1. The van der Waals surface area contributed by atoms with Gasteiger partial charge in [-0.25, -0.2) is 9.38 Å². The van der Waals surface area contributed by atoms with Gasteiger partial charge in [0, 0.05) is 31.7 Å². The van der Waals surface area contributed by atoms with Crippen LogP contribution in [0.4, 0.5) is 4.39 Å². The first-order valence-electron chi connectivity index (χ1n) is 10.4. The summed E-state index contributed by atoms with van der Waals surface area (Å²) < 4.78 is 19.3. The Labute approximate surface area is 200 Å². The second-order valence-electron chi connectivity index (χ2n) is 7.07. The molecule has 0 saturated carbocycles. The molecule has 0 spiro atoms. The van der Waals surface area contributed by atoms with E-state index in [2.05, 4.69) is 15.6 Å². The molecule has 1 atom stereocenters. The molecule has 1 saturated heterocycles. The van der Waals surface area contributed by atoms with Crippen LogP contribution in [0.3, 0.4) is 0 Å². The summed E-state index contributed by atoms with van der Waals surface area (Å²) in [5.41, 5.74) is 1.48. The minimum absolute atomic E-state index is 0. The van der Waals surface area contributed by atoms with Crippen LogP contribution >= 0.6 is 24.0 Å². The lowest BCUT2D eigenvalue weighted by Crippen LogP contribution is -2.47. The molecule has 0 bridgehead atoms. The van der Waals surface area contributed by atoms with Gasteiger partial charge in [-0.15, -0.1) is 24.0 Å². The number of halogens is 2. The third kappa shape index (κ3) is 7.46. The number of ether oxygens (including phenoxy) is 1. The van der Waals surface area contributed by atoms with Crippen molar-refractivity contribution in [2.24, 2.45) is 4.99 Å². The van der Waals surface area contributed by atoms with Crippen LogP contribution in [0.1, 0.15) is 24.0 Å². The van der Waals surface area contributed by atoms with Crippen molar-refractivity contribution in [2.75, 3.05) is 39.4 Å². The lowest BCUT2D eigenvalue weighted by Gasteiger charge is -2.31. The molecule has 1 aliphatic rings. The number of guanidine groups is 1. The Bertz CT molecular complexity index is 844. The zero-order valence-corrected chi connectivity index (χ0v) is 20.1. The largest absolute Gasteiger partial charge is 0.378 e. The second-order valence-corrected chi connectivity index (χ2v) is 7.07. The first-order chi connectivity index (χ1) is 14.7. The van der Waals surface area contributed by atoms with E-state index in [1.807, 2.05) is 42.2 Å². The topological polar surface area (TPSA) is 66.0 Å². The van der Waals surface area contributed by atoms with Gasteiger partial charge in [-0.2, -0.15) is 0 Å². The highest BCUT2D eigenvalue weighted by molar-refractivity contribution is 14.0. The molecule has 31 heavy (non-hydrogen) atoms. The number of morpholine rings is 1. The molecule has 0 aliphatic carbocycles. The smallest absolute Gasteiger partial charge is 0.232 e. The molecule has 2 aromatic rings. The van der Waals surface area contributed by atoms with E-state index in [1.165, 1.54) is 6.07 Å². The van der Waals surface area contributed by atoms with Gasteiger partial charge in [0.2, 0.25) is 5.91 Å². The Kier molecular flexibility index (Phi) is 10.7. The van der Waals surface area contributed by atoms with E-state index in [0.29, 0.717) is 50.9 Å². The van der Waals surface area contributed by atoms with Gasteiger partial charge in [0.1, 0.15) is 5.82 Å². The van der Waals surface area contributed by atoms with Crippen LogP contribution in [0.5, 0.6) is 0 Å². The molecule has 2 aromatic carbocycles. The molecule has 3 rings (SSSR count). The number of amides is 1. The minimum atomic E-state index is -0.346. The zero-order chi connectivity index (χ0) is 21.2. The lowest BCUT2D eigenvalue weighted by atomic mass is 9.97. The van der Waals surface area contributed by atoms with Crippen LogP contribution in [-0.4, -0.2) is 56.2 Å². The van der Waals surface area contributed by atoms with Crippen LogP contribution < -0.4 is 10.6 Å². The maximum absolute atomic E-state index is 13.9. The minimum Gasteiger partial charge on any atom is -0.378 e. The molecule has 2 N–H and O–H groups in total. The van der Waals surface area contributed by atoms with Crippen LogP contribution in [0.25, 0.3) is 0 Å². The van der Waals surface area contributed by atoms with E-state index in [9.17, 15) is 9.18 Å². The van der Waals surface area contributed by atoms with Crippen LogP contribution in [0.2, 0.25) is 0 Å². The Hall–Kier alpha value is -2.20. The maximum Gasteiger partial charge on any atom is 0.232 e. The zero-order valence-electron chi connectivity index (χ0n) is 17.7. The monoisotopic (exact) mass is 540 g/mol. The average molecular weight is 540 g/mol. The quantitative estimate of drug-likeness (QED) is 0.322. The van der Waals surface area contributed by atoms with E-state index in [4.69, 9.17) is 4.74 Å². The van der Waals surface area contributed by atoms with Crippen molar-refractivity contribution in [1.29, 1.82) is 0 Å². The summed E-state index contributed by atoms with van der Waals surface area (Å²) in [6, 6.07) is 16.3. The fourth-order valence-corrected chi connectivity index (χ4v) is 3.37. The van der Waals surface area contributed by atoms with Gasteiger partial charge in [0.15, 0.2) is 5.96 Å². The Morgan fingerprint density at radius 1 is 1.10 bits per heavy atom. The van der Waals surface area contributed by atoms with Gasteiger partial charge in [-0.05, 0) is 18.6 Å². The summed E-state index contributed by atoms with van der Waals surface area (Å²) in [5, 5.41) is 6.44. The summed E-state index contributed by atoms with van der Waals surface area (Å²) in [6.45, 7) is 5.57. The average Bonchev–Trinajstić information content (AvgIpc) is 2.79. The standard InChI is InChI=1S/C23H29FN4O2.HI/c1-2-25-23(26-16-19-10-6-7-11-21(19)24)27-17-20(18-8-4-3-5-9-18)22(29)28-12-14-30-15-13-28;/h3-11,20H,2,12-17H2,1H3,(H2,25,26,27);1H. The first-order valence-corrected chi connectivity index (χ1v) is 10.4. The van der Waals surface area contributed by atoms with E-state index in [0.717, 1.165) is 5.56 Å². The molecular weight excluding hydrogens is 510 g/mol. The molecule has 1 fully saturated rings. The van der Waals surface area contributed by atoms with Crippen LogP contribution in [-0.2, 0) is 16.1 Å². The number of hydrogen-bond acceptors (Lipinski definition) is 3. The number of carbonyl (C=O) groups is 1. The summed E-state index contributed by atoms with van der Waals surface area (Å²) >= 11 is 0. The van der Waals surface area contributed by atoms with E-state index < -0.39 is 0 Å². The normalized spacial score (nSPS) is 15.0. The lowest BCUT2D eigenvalue weighted by molar-refractivity contribution is -0.136. The number of carbonyl (C=O) groups excluding carboxylic acids is 1. The maximum atomic E-state index is 13.9. The van der Waals surface area contributed by atoms with E-state index >= 15 is 0 Å². The molecule has 1 amide bonds. The van der Waals surface area contributed by atoms with Crippen LogP contribution in [0, 0.1) is 5.82 Å². The number of aliphatic imine (C=N–C) groups is 1. The van der Waals surface area contributed by atoms with Crippen molar-refractivity contribution >= 4 is 35.8 Å². The van der Waals surface area contributed by atoms with Crippen molar-refractivity contribution in [3.63, 3.8) is 0 Å². The van der Waals surface area contributed by atoms with Gasteiger partial charge >= 0.3 is 0 Å². The Morgan fingerprint density at radius 2 is 1.77 bits per heavy atom. The highest BCUT2D eigenvalue weighted by Gasteiger charge is 2.27. The third-order valence-corrected chi connectivity index (χ3v) is 5.01. The Morgan fingerprint density at radius 3 is 2.45 bits per heavy atom. The van der Waals surface area contributed by atoms with Gasteiger partial charge in [-0.1, -0.05) is 48.5 Å². The SMILES string of the molecule is CCNC(=NCc1ccccc1F)NCC(C(=O)N1CCOCC1)c1ccccc1.I. The number of benzene rings is 2.